The van der Waals surface area contributed by atoms with Crippen molar-refractivity contribution in [2.45, 2.75) is 49.4 Å². The molecule has 1 aromatic rings. The molecule has 0 spiro atoms. The summed E-state index contributed by atoms with van der Waals surface area (Å²) in [5.74, 6) is -1.28. The SMILES string of the molecule is CC(C)(C)Sc1ccc(NC(=O)C(=O)NCC2CCCO2)cc1. The standard InChI is InChI=1S/C17H24N2O3S/c1-17(2,3)23-14-8-6-12(7-9-14)19-16(21)15(20)18-11-13-5-4-10-22-13/h6-9,13H,4-5,10-11H2,1-3H3,(H,18,20)(H,19,21). The molecule has 1 fully saturated rings. The van der Waals surface area contributed by atoms with Gasteiger partial charge in [-0.1, -0.05) is 20.8 Å². The molecule has 0 aliphatic carbocycles. The van der Waals surface area contributed by atoms with E-state index >= 15 is 0 Å². The van der Waals surface area contributed by atoms with Crippen LogP contribution in [0.1, 0.15) is 33.6 Å². The third kappa shape index (κ3) is 6.23. The molecule has 1 aliphatic rings. The largest absolute Gasteiger partial charge is 0.376 e. The second kappa shape index (κ2) is 7.84. The van der Waals surface area contributed by atoms with Crippen LogP contribution in [0.3, 0.4) is 0 Å². The second-order valence-electron chi connectivity index (χ2n) is 6.54. The average molecular weight is 336 g/mol. The molecule has 1 unspecified atom stereocenters. The summed E-state index contributed by atoms with van der Waals surface area (Å²) in [6.45, 7) is 7.54. The fourth-order valence-corrected chi connectivity index (χ4v) is 3.22. The van der Waals surface area contributed by atoms with Crippen LogP contribution in [0, 0.1) is 0 Å². The van der Waals surface area contributed by atoms with Gasteiger partial charge in [-0.05, 0) is 37.1 Å². The molecular formula is C17H24N2O3S. The fraction of sp³-hybridized carbons (Fsp3) is 0.529. The van der Waals surface area contributed by atoms with Gasteiger partial charge in [0.15, 0.2) is 0 Å². The van der Waals surface area contributed by atoms with Gasteiger partial charge in [0.2, 0.25) is 0 Å². The molecule has 6 heteroatoms. The lowest BCUT2D eigenvalue weighted by Crippen LogP contribution is -2.39. The monoisotopic (exact) mass is 336 g/mol. The summed E-state index contributed by atoms with van der Waals surface area (Å²) in [7, 11) is 0. The van der Waals surface area contributed by atoms with Crippen molar-refractivity contribution in [3.8, 4) is 0 Å². The van der Waals surface area contributed by atoms with Crippen molar-refractivity contribution >= 4 is 29.3 Å². The normalized spacial score (nSPS) is 17.8. The Morgan fingerprint density at radius 3 is 2.48 bits per heavy atom. The summed E-state index contributed by atoms with van der Waals surface area (Å²) in [6.07, 6.45) is 1.96. The van der Waals surface area contributed by atoms with E-state index in [1.54, 1.807) is 23.9 Å². The number of ether oxygens (including phenoxy) is 1. The number of amides is 2. The number of carbonyl (C=O) groups is 2. The molecule has 0 radical (unpaired) electrons. The van der Waals surface area contributed by atoms with Gasteiger partial charge in [0.25, 0.3) is 0 Å². The minimum atomic E-state index is -0.653. The molecule has 2 amide bonds. The molecule has 0 aromatic heterocycles. The predicted molar refractivity (Wildman–Crippen MR) is 92.7 cm³/mol. The van der Waals surface area contributed by atoms with Crippen molar-refractivity contribution < 1.29 is 14.3 Å². The van der Waals surface area contributed by atoms with Crippen molar-refractivity contribution in [2.75, 3.05) is 18.5 Å². The zero-order chi connectivity index (χ0) is 16.9. The van der Waals surface area contributed by atoms with E-state index in [1.807, 2.05) is 12.1 Å². The number of anilines is 1. The van der Waals surface area contributed by atoms with Gasteiger partial charge in [-0.2, -0.15) is 0 Å². The Morgan fingerprint density at radius 1 is 1.22 bits per heavy atom. The molecule has 0 bridgehead atoms. The van der Waals surface area contributed by atoms with Gasteiger partial charge in [-0.3, -0.25) is 9.59 Å². The van der Waals surface area contributed by atoms with Gasteiger partial charge in [-0.15, -0.1) is 11.8 Å². The highest BCUT2D eigenvalue weighted by molar-refractivity contribution is 8.00. The van der Waals surface area contributed by atoms with Crippen LogP contribution in [0.2, 0.25) is 0 Å². The number of carbonyl (C=O) groups excluding carboxylic acids is 2. The van der Waals surface area contributed by atoms with Gasteiger partial charge < -0.3 is 15.4 Å². The van der Waals surface area contributed by atoms with Gasteiger partial charge in [0.1, 0.15) is 0 Å². The Balaban J connectivity index is 1.80. The van der Waals surface area contributed by atoms with E-state index in [9.17, 15) is 9.59 Å². The highest BCUT2D eigenvalue weighted by atomic mass is 32.2. The summed E-state index contributed by atoms with van der Waals surface area (Å²) in [5.41, 5.74) is 0.612. The highest BCUT2D eigenvalue weighted by Gasteiger charge is 2.19. The Morgan fingerprint density at radius 2 is 1.91 bits per heavy atom. The van der Waals surface area contributed by atoms with Crippen LogP contribution in [0.25, 0.3) is 0 Å². The summed E-state index contributed by atoms with van der Waals surface area (Å²) in [4.78, 5) is 24.8. The van der Waals surface area contributed by atoms with E-state index in [-0.39, 0.29) is 10.9 Å². The molecule has 1 aliphatic heterocycles. The zero-order valence-electron chi connectivity index (χ0n) is 13.8. The number of hydrogen-bond acceptors (Lipinski definition) is 4. The molecule has 5 nitrogen and oxygen atoms in total. The van der Waals surface area contributed by atoms with Gasteiger partial charge in [-0.25, -0.2) is 0 Å². The average Bonchev–Trinajstić information content (AvgIpc) is 2.98. The molecule has 0 saturated carbocycles. The van der Waals surface area contributed by atoms with Gasteiger partial charge in [0.05, 0.1) is 6.10 Å². The van der Waals surface area contributed by atoms with Crippen LogP contribution >= 0.6 is 11.8 Å². The molecule has 23 heavy (non-hydrogen) atoms. The smallest absolute Gasteiger partial charge is 0.313 e. The van der Waals surface area contributed by atoms with Gasteiger partial charge >= 0.3 is 11.8 Å². The van der Waals surface area contributed by atoms with E-state index in [0.717, 1.165) is 24.3 Å². The lowest BCUT2D eigenvalue weighted by atomic mass is 10.2. The summed E-state index contributed by atoms with van der Waals surface area (Å²) in [5, 5.41) is 5.21. The first-order valence-electron chi connectivity index (χ1n) is 7.83. The first-order valence-corrected chi connectivity index (χ1v) is 8.65. The third-order valence-electron chi connectivity index (χ3n) is 3.26. The molecule has 1 aromatic carbocycles. The van der Waals surface area contributed by atoms with Crippen molar-refractivity contribution in [1.29, 1.82) is 0 Å². The minimum absolute atomic E-state index is 0.0282. The van der Waals surface area contributed by atoms with Crippen molar-refractivity contribution in [3.05, 3.63) is 24.3 Å². The summed E-state index contributed by atoms with van der Waals surface area (Å²) >= 11 is 1.75. The Hall–Kier alpha value is -1.53. The van der Waals surface area contributed by atoms with Crippen LogP contribution in [0.5, 0.6) is 0 Å². The van der Waals surface area contributed by atoms with Gasteiger partial charge in [0, 0.05) is 28.5 Å². The number of thioether (sulfide) groups is 1. The molecule has 2 N–H and O–H groups in total. The lowest BCUT2D eigenvalue weighted by Gasteiger charge is -2.17. The Bertz CT molecular complexity index is 546. The van der Waals surface area contributed by atoms with Crippen LogP contribution in [0.4, 0.5) is 5.69 Å². The quantitative estimate of drug-likeness (QED) is 0.655. The van der Waals surface area contributed by atoms with E-state index in [0.29, 0.717) is 12.2 Å². The highest BCUT2D eigenvalue weighted by Crippen LogP contribution is 2.32. The van der Waals surface area contributed by atoms with E-state index in [2.05, 4.69) is 31.4 Å². The first-order chi connectivity index (χ1) is 10.8. The minimum Gasteiger partial charge on any atom is -0.376 e. The Labute approximate surface area is 141 Å². The lowest BCUT2D eigenvalue weighted by molar-refractivity contribution is -0.136. The van der Waals surface area contributed by atoms with Crippen molar-refractivity contribution in [1.82, 2.24) is 5.32 Å². The maximum atomic E-state index is 11.9. The van der Waals surface area contributed by atoms with Crippen LogP contribution in [-0.2, 0) is 14.3 Å². The second-order valence-corrected chi connectivity index (χ2v) is 8.44. The van der Waals surface area contributed by atoms with E-state index < -0.39 is 11.8 Å². The van der Waals surface area contributed by atoms with Crippen LogP contribution in [-0.4, -0.2) is 35.8 Å². The molecule has 1 saturated heterocycles. The molecule has 2 rings (SSSR count). The number of rotatable bonds is 4. The summed E-state index contributed by atoms with van der Waals surface area (Å²) < 4.78 is 5.54. The number of benzene rings is 1. The molecule has 1 heterocycles. The summed E-state index contributed by atoms with van der Waals surface area (Å²) in [6, 6.07) is 7.49. The molecular weight excluding hydrogens is 312 g/mol. The number of nitrogens with one attached hydrogen (secondary N) is 2. The van der Waals surface area contributed by atoms with Crippen LogP contribution in [0.15, 0.2) is 29.2 Å². The van der Waals surface area contributed by atoms with E-state index in [4.69, 9.17) is 4.74 Å². The maximum absolute atomic E-state index is 11.9. The van der Waals surface area contributed by atoms with Crippen molar-refractivity contribution in [2.24, 2.45) is 0 Å². The zero-order valence-corrected chi connectivity index (χ0v) is 14.7. The predicted octanol–water partition coefficient (Wildman–Crippen LogP) is 2.81. The molecule has 126 valence electrons. The van der Waals surface area contributed by atoms with Crippen molar-refractivity contribution in [3.63, 3.8) is 0 Å². The topological polar surface area (TPSA) is 67.4 Å². The Kier molecular flexibility index (Phi) is 6.07. The van der Waals surface area contributed by atoms with E-state index in [1.165, 1.54) is 0 Å². The third-order valence-corrected chi connectivity index (χ3v) is 4.38. The van der Waals surface area contributed by atoms with Crippen LogP contribution < -0.4 is 10.6 Å². The number of hydrogen-bond donors (Lipinski definition) is 2. The molecule has 1 atom stereocenters. The fourth-order valence-electron chi connectivity index (χ4n) is 2.24. The first kappa shape index (κ1) is 17.8. The maximum Gasteiger partial charge on any atom is 0.313 e.